The van der Waals surface area contributed by atoms with Crippen LogP contribution in [0.2, 0.25) is 0 Å². The Labute approximate surface area is 183 Å². The van der Waals surface area contributed by atoms with E-state index in [4.69, 9.17) is 9.47 Å². The van der Waals surface area contributed by atoms with Crippen molar-refractivity contribution in [1.29, 1.82) is 0 Å². The van der Waals surface area contributed by atoms with E-state index in [2.05, 4.69) is 27.7 Å². The Bertz CT molecular complexity index is 567. The highest BCUT2D eigenvalue weighted by molar-refractivity contribution is 5.64. The van der Waals surface area contributed by atoms with Crippen molar-refractivity contribution in [1.82, 2.24) is 0 Å². The lowest BCUT2D eigenvalue weighted by Gasteiger charge is -2.15. The minimum absolute atomic E-state index is 0.0834. The summed E-state index contributed by atoms with van der Waals surface area (Å²) in [6.07, 6.45) is 11.5. The highest BCUT2D eigenvalue weighted by Gasteiger charge is 2.09. The molecule has 168 valence electrons. The topological polar surface area (TPSA) is 52.6 Å². The molecule has 1 rings (SSSR count). The van der Waals surface area contributed by atoms with Crippen LogP contribution in [0.3, 0.4) is 0 Å². The first kappa shape index (κ1) is 26.4. The van der Waals surface area contributed by atoms with Crippen LogP contribution in [0.1, 0.15) is 84.6 Å². The Kier molecular flexibility index (Phi) is 14.1. The zero-order chi connectivity index (χ0) is 22.2. The third-order valence-electron chi connectivity index (χ3n) is 5.53. The Morgan fingerprint density at radius 2 is 1.43 bits per heavy atom. The van der Waals surface area contributed by atoms with Gasteiger partial charge < -0.3 is 9.47 Å². The van der Waals surface area contributed by atoms with Gasteiger partial charge >= 0.3 is 0 Å². The summed E-state index contributed by atoms with van der Waals surface area (Å²) in [5, 5.41) is 0. The molecule has 1 aromatic rings. The monoisotopic (exact) mass is 416 g/mol. The van der Waals surface area contributed by atoms with Crippen molar-refractivity contribution in [3.63, 3.8) is 0 Å². The Morgan fingerprint density at radius 3 is 2.00 bits per heavy atom. The number of rotatable bonds is 18. The van der Waals surface area contributed by atoms with Crippen LogP contribution in [-0.2, 0) is 20.9 Å². The number of carbonyl (C=O) groups excluding carboxylic acids is 2. The van der Waals surface area contributed by atoms with E-state index in [0.29, 0.717) is 5.92 Å². The van der Waals surface area contributed by atoms with Crippen LogP contribution in [0.25, 0.3) is 0 Å². The average Bonchev–Trinajstić information content (AvgIpc) is 2.71. The lowest BCUT2D eigenvalue weighted by molar-refractivity contribution is 0.0865. The SMILES string of the molecule is CC(C)CCCC(C)CCCC(C)CCOc1ccc(COC([C]=O)C[C]=O)cc1. The predicted molar refractivity (Wildman–Crippen MR) is 122 cm³/mol. The van der Waals surface area contributed by atoms with Gasteiger partial charge in [0, 0.05) is 6.42 Å². The van der Waals surface area contributed by atoms with Crippen LogP contribution >= 0.6 is 0 Å². The van der Waals surface area contributed by atoms with E-state index >= 15 is 0 Å². The normalized spacial score (nSPS) is 14.3. The van der Waals surface area contributed by atoms with E-state index in [0.717, 1.165) is 36.2 Å². The molecule has 0 spiro atoms. The molecule has 0 amide bonds. The number of benzene rings is 1. The second kappa shape index (κ2) is 16.1. The van der Waals surface area contributed by atoms with Gasteiger partial charge in [-0.05, 0) is 41.9 Å². The Balaban J connectivity index is 2.16. The minimum Gasteiger partial charge on any atom is -0.494 e. The summed E-state index contributed by atoms with van der Waals surface area (Å²) >= 11 is 0. The largest absolute Gasteiger partial charge is 0.494 e. The van der Waals surface area contributed by atoms with E-state index in [1.165, 1.54) is 38.5 Å². The summed E-state index contributed by atoms with van der Waals surface area (Å²) < 4.78 is 11.2. The zero-order valence-corrected chi connectivity index (χ0v) is 19.3. The van der Waals surface area contributed by atoms with Crippen molar-refractivity contribution in [3.05, 3.63) is 29.8 Å². The molecule has 0 aromatic heterocycles. The van der Waals surface area contributed by atoms with Crippen molar-refractivity contribution in [3.8, 4) is 5.75 Å². The third-order valence-corrected chi connectivity index (χ3v) is 5.53. The van der Waals surface area contributed by atoms with Gasteiger partial charge in [0.2, 0.25) is 12.6 Å². The van der Waals surface area contributed by atoms with Crippen molar-refractivity contribution in [2.45, 2.75) is 91.8 Å². The lowest BCUT2D eigenvalue weighted by Crippen LogP contribution is -2.14. The third kappa shape index (κ3) is 12.8. The summed E-state index contributed by atoms with van der Waals surface area (Å²) in [7, 11) is 0. The van der Waals surface area contributed by atoms with Crippen LogP contribution in [0.15, 0.2) is 24.3 Å². The van der Waals surface area contributed by atoms with Crippen LogP contribution in [0.5, 0.6) is 5.75 Å². The maximum Gasteiger partial charge on any atom is 0.230 e. The van der Waals surface area contributed by atoms with Crippen molar-refractivity contribution >= 4 is 12.6 Å². The summed E-state index contributed by atoms with van der Waals surface area (Å²) in [5.74, 6) is 3.17. The molecule has 0 saturated carbocycles. The molecule has 0 fully saturated rings. The first-order valence-electron chi connectivity index (χ1n) is 11.5. The van der Waals surface area contributed by atoms with Gasteiger partial charge in [-0.3, -0.25) is 9.59 Å². The summed E-state index contributed by atoms with van der Waals surface area (Å²) in [6, 6.07) is 7.64. The number of hydrogen-bond donors (Lipinski definition) is 0. The molecular formula is C26H40O4. The van der Waals surface area contributed by atoms with E-state index in [1.807, 2.05) is 24.3 Å². The fourth-order valence-corrected chi connectivity index (χ4v) is 3.44. The summed E-state index contributed by atoms with van der Waals surface area (Å²) in [4.78, 5) is 21.0. The highest BCUT2D eigenvalue weighted by atomic mass is 16.5. The lowest BCUT2D eigenvalue weighted by atomic mass is 9.93. The van der Waals surface area contributed by atoms with Crippen LogP contribution < -0.4 is 4.74 Å². The number of hydrogen-bond acceptors (Lipinski definition) is 4. The molecule has 0 bridgehead atoms. The number of ether oxygens (including phenoxy) is 2. The van der Waals surface area contributed by atoms with Crippen molar-refractivity contribution in [2.24, 2.45) is 17.8 Å². The maximum absolute atomic E-state index is 10.7. The molecule has 2 radical (unpaired) electrons. The van der Waals surface area contributed by atoms with Gasteiger partial charge in [0.15, 0.2) is 0 Å². The quantitative estimate of drug-likeness (QED) is 0.285. The smallest absolute Gasteiger partial charge is 0.230 e. The van der Waals surface area contributed by atoms with Gasteiger partial charge in [-0.25, -0.2) is 0 Å². The molecule has 0 aliphatic carbocycles. The molecule has 0 N–H and O–H groups in total. The predicted octanol–water partition coefficient (Wildman–Crippen LogP) is 6.22. The molecule has 0 aliphatic heterocycles. The van der Waals surface area contributed by atoms with Gasteiger partial charge in [-0.15, -0.1) is 0 Å². The van der Waals surface area contributed by atoms with Crippen molar-refractivity contribution < 1.29 is 19.1 Å². The molecule has 3 atom stereocenters. The van der Waals surface area contributed by atoms with Crippen molar-refractivity contribution in [2.75, 3.05) is 6.61 Å². The van der Waals surface area contributed by atoms with Gasteiger partial charge in [-0.1, -0.05) is 78.4 Å². The second-order valence-electron chi connectivity index (χ2n) is 9.01. The molecule has 0 aliphatic rings. The molecule has 4 nitrogen and oxygen atoms in total. The Morgan fingerprint density at radius 1 is 0.833 bits per heavy atom. The molecule has 30 heavy (non-hydrogen) atoms. The molecular weight excluding hydrogens is 376 g/mol. The van der Waals surface area contributed by atoms with E-state index in [1.54, 1.807) is 12.6 Å². The summed E-state index contributed by atoms with van der Waals surface area (Å²) in [5.41, 5.74) is 0.921. The first-order chi connectivity index (χ1) is 14.4. The minimum atomic E-state index is -0.844. The van der Waals surface area contributed by atoms with E-state index < -0.39 is 6.10 Å². The molecule has 1 aromatic carbocycles. The van der Waals surface area contributed by atoms with Gasteiger partial charge in [-0.2, -0.15) is 0 Å². The highest BCUT2D eigenvalue weighted by Crippen LogP contribution is 2.21. The summed E-state index contributed by atoms with van der Waals surface area (Å²) in [6.45, 7) is 10.3. The molecule has 0 saturated heterocycles. The molecule has 4 heteroatoms. The van der Waals surface area contributed by atoms with Gasteiger partial charge in [0.1, 0.15) is 11.9 Å². The van der Waals surface area contributed by atoms with E-state index in [-0.39, 0.29) is 13.0 Å². The molecule has 0 heterocycles. The average molecular weight is 417 g/mol. The van der Waals surface area contributed by atoms with E-state index in [9.17, 15) is 9.59 Å². The zero-order valence-electron chi connectivity index (χ0n) is 19.3. The van der Waals surface area contributed by atoms with Gasteiger partial charge in [0.25, 0.3) is 0 Å². The van der Waals surface area contributed by atoms with Crippen LogP contribution in [-0.4, -0.2) is 25.3 Å². The van der Waals surface area contributed by atoms with Gasteiger partial charge in [0.05, 0.1) is 13.2 Å². The van der Waals surface area contributed by atoms with Crippen LogP contribution in [0, 0.1) is 17.8 Å². The maximum atomic E-state index is 10.7. The fourth-order valence-electron chi connectivity index (χ4n) is 3.44. The first-order valence-corrected chi connectivity index (χ1v) is 11.5. The van der Waals surface area contributed by atoms with Crippen LogP contribution in [0.4, 0.5) is 0 Å². The second-order valence-corrected chi connectivity index (χ2v) is 9.01. The molecule has 3 unspecified atom stereocenters. The Hall–Kier alpha value is -1.68. The fraction of sp³-hybridized carbons (Fsp3) is 0.692. The standard InChI is InChI=1S/C26H40O4/c1-21(2)7-5-8-22(3)9-6-10-23(4)16-18-29-25-13-11-24(12-14-25)20-30-26(19-28)15-17-27/h11-14,21-23,26H,5-10,15-16,18,20H2,1-4H3.